The third-order valence-corrected chi connectivity index (χ3v) is 3.55. The zero-order valence-electron chi connectivity index (χ0n) is 9.84. The van der Waals surface area contributed by atoms with Crippen LogP contribution in [0.1, 0.15) is 37.2 Å². The largest absolute Gasteiger partial charge is 0.234 e. The van der Waals surface area contributed by atoms with Crippen molar-refractivity contribution in [1.82, 2.24) is 9.61 Å². The quantitative estimate of drug-likeness (QED) is 0.664. The smallest absolute Gasteiger partial charge is 0.149 e. The van der Waals surface area contributed by atoms with Crippen LogP contribution in [0.5, 0.6) is 0 Å². The van der Waals surface area contributed by atoms with E-state index in [0.29, 0.717) is 5.52 Å². The highest BCUT2D eigenvalue weighted by Gasteiger charge is 2.33. The van der Waals surface area contributed by atoms with Crippen LogP contribution in [0.4, 0.5) is 4.39 Å². The molecule has 0 amide bonds. The van der Waals surface area contributed by atoms with E-state index in [9.17, 15) is 4.39 Å². The summed E-state index contributed by atoms with van der Waals surface area (Å²) in [6.07, 6.45) is 2.02. The Balaban J connectivity index is 2.46. The molecule has 2 aromatic heterocycles. The highest BCUT2D eigenvalue weighted by molar-refractivity contribution is 5.54. The van der Waals surface area contributed by atoms with Crippen molar-refractivity contribution in [3.63, 3.8) is 0 Å². The molecule has 84 valence electrons. The molecule has 1 aliphatic rings. The monoisotopic (exact) mass is 218 g/mol. The molecule has 0 bridgehead atoms. The Morgan fingerprint density at radius 2 is 2.12 bits per heavy atom. The summed E-state index contributed by atoms with van der Waals surface area (Å²) in [7, 11) is 0. The number of aromatic nitrogens is 2. The van der Waals surface area contributed by atoms with Crippen molar-refractivity contribution in [2.24, 2.45) is 0 Å². The van der Waals surface area contributed by atoms with Crippen molar-refractivity contribution in [3.05, 3.63) is 34.9 Å². The van der Waals surface area contributed by atoms with E-state index in [1.54, 1.807) is 10.6 Å². The number of aryl methyl sites for hydroxylation is 2. The topological polar surface area (TPSA) is 17.3 Å². The first-order valence-electron chi connectivity index (χ1n) is 5.67. The van der Waals surface area contributed by atoms with E-state index in [4.69, 9.17) is 0 Å². The third kappa shape index (κ3) is 1.14. The van der Waals surface area contributed by atoms with Gasteiger partial charge in [-0.25, -0.2) is 8.91 Å². The first-order chi connectivity index (χ1) is 7.49. The van der Waals surface area contributed by atoms with Gasteiger partial charge in [0, 0.05) is 5.41 Å². The Bertz CT molecular complexity index is 581. The van der Waals surface area contributed by atoms with Gasteiger partial charge in [-0.2, -0.15) is 5.10 Å². The van der Waals surface area contributed by atoms with Crippen LogP contribution in [-0.4, -0.2) is 9.61 Å². The van der Waals surface area contributed by atoms with Crippen molar-refractivity contribution in [2.75, 3.05) is 0 Å². The Labute approximate surface area is 94.1 Å². The molecule has 1 aliphatic carbocycles. The number of pyridine rings is 1. The van der Waals surface area contributed by atoms with Crippen LogP contribution < -0.4 is 0 Å². The van der Waals surface area contributed by atoms with E-state index in [-0.39, 0.29) is 11.2 Å². The Hall–Kier alpha value is -1.38. The van der Waals surface area contributed by atoms with E-state index in [2.05, 4.69) is 18.9 Å². The predicted octanol–water partition coefficient (Wildman–Crippen LogP) is 3.01. The lowest BCUT2D eigenvalue weighted by Crippen LogP contribution is -2.17. The molecule has 0 saturated carbocycles. The SMILES string of the molecule is Cc1cc2c(F)cc3c(n2n1)C(C)(C)CC3. The second-order valence-electron chi connectivity index (χ2n) is 5.33. The van der Waals surface area contributed by atoms with Crippen LogP contribution >= 0.6 is 0 Å². The fourth-order valence-electron chi connectivity index (χ4n) is 2.75. The molecule has 0 radical (unpaired) electrons. The summed E-state index contributed by atoms with van der Waals surface area (Å²) < 4.78 is 15.6. The summed E-state index contributed by atoms with van der Waals surface area (Å²) >= 11 is 0. The first-order valence-corrected chi connectivity index (χ1v) is 5.67. The summed E-state index contributed by atoms with van der Waals surface area (Å²) in [5, 5.41) is 4.42. The van der Waals surface area contributed by atoms with Crippen LogP contribution in [0.2, 0.25) is 0 Å². The molecule has 3 rings (SSSR count). The van der Waals surface area contributed by atoms with Gasteiger partial charge in [0.2, 0.25) is 0 Å². The number of hydrogen-bond acceptors (Lipinski definition) is 1. The van der Waals surface area contributed by atoms with Gasteiger partial charge in [0.1, 0.15) is 11.3 Å². The summed E-state index contributed by atoms with van der Waals surface area (Å²) in [6.45, 7) is 6.31. The van der Waals surface area contributed by atoms with Gasteiger partial charge in [-0.05, 0) is 37.5 Å². The number of fused-ring (bicyclic) bond motifs is 3. The van der Waals surface area contributed by atoms with E-state index >= 15 is 0 Å². The molecule has 16 heavy (non-hydrogen) atoms. The van der Waals surface area contributed by atoms with Crippen LogP contribution in [-0.2, 0) is 11.8 Å². The molecule has 0 atom stereocenters. The standard InChI is InChI=1S/C13H15FN2/c1-8-6-11-10(14)7-9-4-5-13(2,3)12(9)16(11)15-8/h6-7H,4-5H2,1-3H3. The summed E-state index contributed by atoms with van der Waals surface area (Å²) in [4.78, 5) is 0. The van der Waals surface area contributed by atoms with Crippen molar-refractivity contribution >= 4 is 5.52 Å². The van der Waals surface area contributed by atoms with Gasteiger partial charge in [0.25, 0.3) is 0 Å². The summed E-state index contributed by atoms with van der Waals surface area (Å²) in [5.41, 5.74) is 3.86. The van der Waals surface area contributed by atoms with Gasteiger partial charge in [0.05, 0.1) is 11.4 Å². The zero-order chi connectivity index (χ0) is 11.5. The third-order valence-electron chi connectivity index (χ3n) is 3.55. The molecule has 2 heterocycles. The molecule has 2 aromatic rings. The summed E-state index contributed by atoms with van der Waals surface area (Å²) in [6, 6.07) is 3.49. The molecule has 0 unspecified atom stereocenters. The minimum absolute atomic E-state index is 0.0970. The average molecular weight is 218 g/mol. The molecule has 0 aliphatic heterocycles. The first kappa shape index (κ1) is 9.82. The Morgan fingerprint density at radius 1 is 1.38 bits per heavy atom. The van der Waals surface area contributed by atoms with Crippen molar-refractivity contribution in [3.8, 4) is 0 Å². The summed E-state index contributed by atoms with van der Waals surface area (Å²) in [5.74, 6) is -0.156. The predicted molar refractivity (Wildman–Crippen MR) is 61.2 cm³/mol. The molecule has 0 spiro atoms. The second-order valence-corrected chi connectivity index (χ2v) is 5.33. The number of nitrogens with zero attached hydrogens (tertiary/aromatic N) is 2. The number of halogens is 1. The Morgan fingerprint density at radius 3 is 2.88 bits per heavy atom. The number of rotatable bonds is 0. The fourth-order valence-corrected chi connectivity index (χ4v) is 2.75. The molecule has 0 saturated heterocycles. The minimum Gasteiger partial charge on any atom is -0.234 e. The lowest BCUT2D eigenvalue weighted by molar-refractivity contribution is 0.495. The Kier molecular flexibility index (Phi) is 1.74. The molecular formula is C13H15FN2. The van der Waals surface area contributed by atoms with Crippen LogP contribution in [0.25, 0.3) is 5.52 Å². The van der Waals surface area contributed by atoms with Gasteiger partial charge in [-0.3, -0.25) is 0 Å². The number of hydrogen-bond donors (Lipinski definition) is 0. The molecule has 3 heteroatoms. The van der Waals surface area contributed by atoms with Gasteiger partial charge >= 0.3 is 0 Å². The molecule has 0 aromatic carbocycles. The van der Waals surface area contributed by atoms with Gasteiger partial charge in [0.15, 0.2) is 0 Å². The fraction of sp³-hybridized carbons (Fsp3) is 0.462. The average Bonchev–Trinajstić information content (AvgIpc) is 2.68. The minimum atomic E-state index is -0.156. The second kappa shape index (κ2) is 2.84. The normalized spacial score (nSPS) is 18.0. The van der Waals surface area contributed by atoms with Crippen LogP contribution in [0.3, 0.4) is 0 Å². The van der Waals surface area contributed by atoms with Gasteiger partial charge in [-0.15, -0.1) is 0 Å². The van der Waals surface area contributed by atoms with Gasteiger partial charge < -0.3 is 0 Å². The molecular weight excluding hydrogens is 203 g/mol. The highest BCUT2D eigenvalue weighted by atomic mass is 19.1. The van der Waals surface area contributed by atoms with Crippen LogP contribution in [0.15, 0.2) is 12.1 Å². The molecule has 0 fully saturated rings. The maximum atomic E-state index is 13.8. The van der Waals surface area contributed by atoms with Crippen molar-refractivity contribution in [1.29, 1.82) is 0 Å². The van der Waals surface area contributed by atoms with Crippen molar-refractivity contribution in [2.45, 2.75) is 39.0 Å². The van der Waals surface area contributed by atoms with E-state index < -0.39 is 0 Å². The van der Waals surface area contributed by atoms with Crippen LogP contribution in [0, 0.1) is 12.7 Å². The van der Waals surface area contributed by atoms with E-state index in [0.717, 1.165) is 24.1 Å². The maximum absolute atomic E-state index is 13.8. The molecule has 0 N–H and O–H groups in total. The zero-order valence-corrected chi connectivity index (χ0v) is 9.84. The highest BCUT2D eigenvalue weighted by Crippen LogP contribution is 2.39. The van der Waals surface area contributed by atoms with E-state index in [1.165, 1.54) is 5.69 Å². The lowest BCUT2D eigenvalue weighted by atomic mass is 9.90. The maximum Gasteiger partial charge on any atom is 0.149 e. The molecule has 2 nitrogen and oxygen atoms in total. The van der Waals surface area contributed by atoms with Crippen molar-refractivity contribution < 1.29 is 4.39 Å². The lowest BCUT2D eigenvalue weighted by Gasteiger charge is -2.19. The van der Waals surface area contributed by atoms with Gasteiger partial charge in [-0.1, -0.05) is 13.8 Å². The van der Waals surface area contributed by atoms with E-state index in [1.807, 2.05) is 13.0 Å².